The zero-order valence-corrected chi connectivity index (χ0v) is 9.50. The summed E-state index contributed by atoms with van der Waals surface area (Å²) < 4.78 is 5.81. The Morgan fingerprint density at radius 3 is 2.23 bits per heavy atom. The fourth-order valence-corrected chi connectivity index (χ4v) is 2.61. The smallest absolute Gasteiger partial charge is 0.0597 e. The Labute approximate surface area is 82.0 Å². The van der Waals surface area contributed by atoms with Crippen molar-refractivity contribution in [3.8, 4) is 0 Å². The lowest BCUT2D eigenvalue weighted by Crippen LogP contribution is -2.39. The predicted molar refractivity (Wildman–Crippen MR) is 55.8 cm³/mol. The minimum atomic E-state index is 0.402. The van der Waals surface area contributed by atoms with Crippen molar-refractivity contribution in [2.75, 3.05) is 6.54 Å². The molecule has 2 heteroatoms. The quantitative estimate of drug-likeness (QED) is 0.726. The van der Waals surface area contributed by atoms with Gasteiger partial charge in [0, 0.05) is 12.0 Å². The number of hydrogen-bond acceptors (Lipinski definition) is 2. The summed E-state index contributed by atoms with van der Waals surface area (Å²) in [5.41, 5.74) is 0. The first-order chi connectivity index (χ1) is 6.07. The van der Waals surface area contributed by atoms with Crippen molar-refractivity contribution in [2.24, 2.45) is 11.8 Å². The third kappa shape index (κ3) is 2.23. The van der Waals surface area contributed by atoms with E-state index in [9.17, 15) is 0 Å². The molecule has 1 rings (SSSR count). The SMILES string of the molecule is CCNC(C)C1C(C)OC(C)C1C. The molecule has 2 nitrogen and oxygen atoms in total. The molecular formula is C11H23NO. The van der Waals surface area contributed by atoms with Gasteiger partial charge in [0.05, 0.1) is 12.2 Å². The lowest BCUT2D eigenvalue weighted by Gasteiger charge is -2.26. The van der Waals surface area contributed by atoms with E-state index < -0.39 is 0 Å². The topological polar surface area (TPSA) is 21.3 Å². The van der Waals surface area contributed by atoms with Gasteiger partial charge in [-0.15, -0.1) is 0 Å². The molecule has 0 bridgehead atoms. The van der Waals surface area contributed by atoms with Crippen molar-refractivity contribution in [3.63, 3.8) is 0 Å². The summed E-state index contributed by atoms with van der Waals surface area (Å²) in [5.74, 6) is 1.33. The number of hydrogen-bond donors (Lipinski definition) is 1. The van der Waals surface area contributed by atoms with Crippen LogP contribution in [0.5, 0.6) is 0 Å². The van der Waals surface area contributed by atoms with Crippen LogP contribution in [0.4, 0.5) is 0 Å². The summed E-state index contributed by atoms with van der Waals surface area (Å²) in [7, 11) is 0. The van der Waals surface area contributed by atoms with Gasteiger partial charge in [-0.25, -0.2) is 0 Å². The summed E-state index contributed by atoms with van der Waals surface area (Å²) >= 11 is 0. The summed E-state index contributed by atoms with van der Waals surface area (Å²) in [6, 6.07) is 0.569. The van der Waals surface area contributed by atoms with Crippen LogP contribution in [0, 0.1) is 11.8 Å². The molecule has 0 aromatic rings. The van der Waals surface area contributed by atoms with Crippen molar-refractivity contribution in [3.05, 3.63) is 0 Å². The van der Waals surface area contributed by atoms with Crippen LogP contribution in [0.2, 0.25) is 0 Å². The van der Waals surface area contributed by atoms with E-state index in [4.69, 9.17) is 4.74 Å². The summed E-state index contributed by atoms with van der Waals surface area (Å²) in [6.07, 6.45) is 0.820. The van der Waals surface area contributed by atoms with Crippen LogP contribution < -0.4 is 5.32 Å². The predicted octanol–water partition coefficient (Wildman–Crippen LogP) is 2.04. The zero-order chi connectivity index (χ0) is 10.0. The van der Waals surface area contributed by atoms with Crippen LogP contribution in [0.25, 0.3) is 0 Å². The van der Waals surface area contributed by atoms with Crippen LogP contribution in [0.15, 0.2) is 0 Å². The number of rotatable bonds is 3. The fraction of sp³-hybridized carbons (Fsp3) is 1.00. The Hall–Kier alpha value is -0.0800. The fourth-order valence-electron chi connectivity index (χ4n) is 2.61. The van der Waals surface area contributed by atoms with Crippen LogP contribution >= 0.6 is 0 Å². The third-order valence-electron chi connectivity index (χ3n) is 3.42. The monoisotopic (exact) mass is 185 g/mol. The van der Waals surface area contributed by atoms with Crippen molar-refractivity contribution < 1.29 is 4.74 Å². The van der Waals surface area contributed by atoms with E-state index in [1.807, 2.05) is 0 Å². The normalized spacial score (nSPS) is 42.2. The molecule has 1 aliphatic rings. The van der Waals surface area contributed by atoms with Crippen molar-refractivity contribution >= 4 is 0 Å². The Morgan fingerprint density at radius 1 is 1.23 bits per heavy atom. The van der Waals surface area contributed by atoms with Crippen molar-refractivity contribution in [2.45, 2.75) is 52.9 Å². The molecule has 5 atom stereocenters. The second-order valence-corrected chi connectivity index (χ2v) is 4.33. The van der Waals surface area contributed by atoms with Gasteiger partial charge in [-0.05, 0) is 33.2 Å². The molecule has 1 N–H and O–H groups in total. The van der Waals surface area contributed by atoms with E-state index in [-0.39, 0.29) is 0 Å². The molecule has 0 radical (unpaired) electrons. The number of nitrogens with one attached hydrogen (secondary N) is 1. The Kier molecular flexibility index (Phi) is 3.74. The average molecular weight is 185 g/mol. The molecule has 5 unspecified atom stereocenters. The standard InChI is InChI=1S/C11H23NO/c1-6-12-8(3)11-7(2)9(4)13-10(11)5/h7-12H,6H2,1-5H3. The van der Waals surface area contributed by atoms with Gasteiger partial charge in [-0.3, -0.25) is 0 Å². The average Bonchev–Trinajstić information content (AvgIpc) is 2.27. The maximum atomic E-state index is 5.81. The van der Waals surface area contributed by atoms with Crippen LogP contribution in [-0.2, 0) is 4.74 Å². The zero-order valence-electron chi connectivity index (χ0n) is 9.50. The molecule has 78 valence electrons. The number of ether oxygens (including phenoxy) is 1. The highest BCUT2D eigenvalue weighted by Crippen LogP contribution is 2.34. The first kappa shape index (κ1) is 11.0. The van der Waals surface area contributed by atoms with Crippen LogP contribution in [0.3, 0.4) is 0 Å². The second-order valence-electron chi connectivity index (χ2n) is 4.33. The Bertz CT molecular complexity index is 160. The molecule has 0 amide bonds. The van der Waals surface area contributed by atoms with Crippen molar-refractivity contribution in [1.82, 2.24) is 5.32 Å². The first-order valence-corrected chi connectivity index (χ1v) is 5.46. The molecule has 0 aliphatic carbocycles. The third-order valence-corrected chi connectivity index (χ3v) is 3.42. The Balaban J connectivity index is 2.56. The molecule has 0 aromatic heterocycles. The van der Waals surface area contributed by atoms with E-state index in [0.717, 1.165) is 6.54 Å². The van der Waals surface area contributed by atoms with Gasteiger partial charge in [-0.2, -0.15) is 0 Å². The molecule has 13 heavy (non-hydrogen) atoms. The minimum Gasteiger partial charge on any atom is -0.375 e. The second kappa shape index (κ2) is 4.43. The lowest BCUT2D eigenvalue weighted by molar-refractivity contribution is 0.0483. The molecule has 0 saturated carbocycles. The largest absolute Gasteiger partial charge is 0.375 e. The van der Waals surface area contributed by atoms with Gasteiger partial charge < -0.3 is 10.1 Å². The van der Waals surface area contributed by atoms with E-state index in [0.29, 0.717) is 30.1 Å². The summed E-state index contributed by atoms with van der Waals surface area (Å²) in [4.78, 5) is 0. The summed E-state index contributed by atoms with van der Waals surface area (Å²) in [5, 5.41) is 3.49. The van der Waals surface area contributed by atoms with Crippen LogP contribution in [0.1, 0.15) is 34.6 Å². The van der Waals surface area contributed by atoms with Gasteiger partial charge in [0.15, 0.2) is 0 Å². The van der Waals surface area contributed by atoms with Crippen LogP contribution in [-0.4, -0.2) is 24.8 Å². The van der Waals surface area contributed by atoms with Gasteiger partial charge in [0.1, 0.15) is 0 Å². The van der Waals surface area contributed by atoms with Gasteiger partial charge in [0.25, 0.3) is 0 Å². The van der Waals surface area contributed by atoms with Gasteiger partial charge in [-0.1, -0.05) is 13.8 Å². The molecule has 0 spiro atoms. The molecule has 0 aromatic carbocycles. The highest BCUT2D eigenvalue weighted by molar-refractivity contribution is 4.89. The summed E-state index contributed by atoms with van der Waals surface area (Å²) in [6.45, 7) is 12.1. The van der Waals surface area contributed by atoms with E-state index in [2.05, 4.69) is 39.9 Å². The van der Waals surface area contributed by atoms with Gasteiger partial charge in [0.2, 0.25) is 0 Å². The lowest BCUT2D eigenvalue weighted by atomic mass is 9.84. The van der Waals surface area contributed by atoms with Gasteiger partial charge >= 0.3 is 0 Å². The van der Waals surface area contributed by atoms with E-state index >= 15 is 0 Å². The molecule has 1 heterocycles. The molecule has 1 saturated heterocycles. The Morgan fingerprint density at radius 2 is 1.85 bits per heavy atom. The van der Waals surface area contributed by atoms with E-state index in [1.165, 1.54) is 0 Å². The highest BCUT2D eigenvalue weighted by Gasteiger charge is 2.39. The van der Waals surface area contributed by atoms with E-state index in [1.54, 1.807) is 0 Å². The van der Waals surface area contributed by atoms with Crippen molar-refractivity contribution in [1.29, 1.82) is 0 Å². The molecule has 1 fully saturated rings. The maximum Gasteiger partial charge on any atom is 0.0597 e. The molecular weight excluding hydrogens is 162 g/mol. The molecule has 1 aliphatic heterocycles. The minimum absolute atomic E-state index is 0.402. The maximum absolute atomic E-state index is 5.81. The first-order valence-electron chi connectivity index (χ1n) is 5.46. The highest BCUT2D eigenvalue weighted by atomic mass is 16.5.